The van der Waals surface area contributed by atoms with Crippen molar-refractivity contribution in [2.24, 2.45) is 0 Å². The van der Waals surface area contributed by atoms with Crippen molar-refractivity contribution in [2.45, 2.75) is 38.3 Å². The second kappa shape index (κ2) is 6.67. The molecule has 3 rings (SSSR count). The molecule has 1 aliphatic rings. The van der Waals surface area contributed by atoms with Crippen LogP contribution in [0.15, 0.2) is 42.5 Å². The molecule has 0 saturated heterocycles. The lowest BCUT2D eigenvalue weighted by molar-refractivity contribution is -0.160. The number of benzene rings is 2. The molecule has 26 heavy (non-hydrogen) atoms. The van der Waals surface area contributed by atoms with E-state index in [2.05, 4.69) is 0 Å². The van der Waals surface area contributed by atoms with Crippen LogP contribution in [0, 0.1) is 6.92 Å². The average Bonchev–Trinajstić information content (AvgIpc) is 3.39. The van der Waals surface area contributed by atoms with Crippen molar-refractivity contribution < 1.29 is 27.4 Å². The lowest BCUT2D eigenvalue weighted by Crippen LogP contribution is -2.28. The molecule has 0 aromatic heterocycles. The molecular formula is C20H19F3O3. The minimum Gasteiger partial charge on any atom is -0.462 e. The maximum atomic E-state index is 13.2. The third-order valence-corrected chi connectivity index (χ3v) is 4.61. The molecule has 1 saturated carbocycles. The van der Waals surface area contributed by atoms with Gasteiger partial charge in [-0.15, -0.1) is 0 Å². The Balaban J connectivity index is 1.76. The van der Waals surface area contributed by atoms with Crippen LogP contribution in [0.5, 0.6) is 11.5 Å². The van der Waals surface area contributed by atoms with Gasteiger partial charge in [0, 0.05) is 0 Å². The van der Waals surface area contributed by atoms with Crippen molar-refractivity contribution in [3.8, 4) is 11.5 Å². The van der Waals surface area contributed by atoms with Crippen molar-refractivity contribution in [1.82, 2.24) is 0 Å². The highest BCUT2D eigenvalue weighted by Gasteiger charge is 2.64. The van der Waals surface area contributed by atoms with Crippen molar-refractivity contribution in [3.63, 3.8) is 0 Å². The Morgan fingerprint density at radius 1 is 1.12 bits per heavy atom. The van der Waals surface area contributed by atoms with Crippen LogP contribution in [0.1, 0.15) is 41.3 Å². The van der Waals surface area contributed by atoms with E-state index in [-0.39, 0.29) is 18.4 Å². The number of hydrogen-bond donors (Lipinski definition) is 0. The number of aryl methyl sites for hydroxylation is 1. The first-order chi connectivity index (χ1) is 12.3. The highest BCUT2D eigenvalue weighted by Crippen LogP contribution is 2.59. The third kappa shape index (κ3) is 3.41. The maximum absolute atomic E-state index is 13.2. The van der Waals surface area contributed by atoms with Gasteiger partial charge in [-0.1, -0.05) is 12.1 Å². The zero-order valence-electron chi connectivity index (χ0n) is 14.5. The SMILES string of the molecule is CCOC(=O)c1ccc(Oc2ccc(C3(C(F)(F)F)CC3)cc2C)cc1. The molecule has 138 valence electrons. The summed E-state index contributed by atoms with van der Waals surface area (Å²) in [4.78, 5) is 11.6. The summed E-state index contributed by atoms with van der Waals surface area (Å²) in [7, 11) is 0. The summed E-state index contributed by atoms with van der Waals surface area (Å²) in [6, 6.07) is 11.0. The summed E-state index contributed by atoms with van der Waals surface area (Å²) in [5.41, 5.74) is -0.371. The molecule has 0 heterocycles. The molecule has 6 heteroatoms. The van der Waals surface area contributed by atoms with Gasteiger partial charge < -0.3 is 9.47 Å². The van der Waals surface area contributed by atoms with E-state index in [9.17, 15) is 18.0 Å². The van der Waals surface area contributed by atoms with Gasteiger partial charge >= 0.3 is 12.1 Å². The van der Waals surface area contributed by atoms with Crippen molar-refractivity contribution >= 4 is 5.97 Å². The summed E-state index contributed by atoms with van der Waals surface area (Å²) in [5, 5.41) is 0. The summed E-state index contributed by atoms with van der Waals surface area (Å²) in [6.45, 7) is 3.74. The molecule has 0 aliphatic heterocycles. The normalized spacial score (nSPS) is 15.4. The van der Waals surface area contributed by atoms with Gasteiger partial charge in [0.25, 0.3) is 0 Å². The standard InChI is InChI=1S/C20H19F3O3/c1-3-25-18(24)14-4-7-16(8-5-14)26-17-9-6-15(12-13(17)2)19(10-11-19)20(21,22)23/h4-9,12H,3,10-11H2,1-2H3. The highest BCUT2D eigenvalue weighted by atomic mass is 19.4. The first-order valence-corrected chi connectivity index (χ1v) is 8.40. The van der Waals surface area contributed by atoms with Crippen LogP contribution in [0.2, 0.25) is 0 Å². The van der Waals surface area contributed by atoms with E-state index >= 15 is 0 Å². The lowest BCUT2D eigenvalue weighted by atomic mass is 9.93. The molecule has 0 amide bonds. The second-order valence-electron chi connectivity index (χ2n) is 6.41. The summed E-state index contributed by atoms with van der Waals surface area (Å²) in [6.07, 6.45) is -3.97. The fourth-order valence-electron chi connectivity index (χ4n) is 2.92. The molecule has 2 aromatic rings. The Labute approximate surface area is 149 Å². The number of hydrogen-bond acceptors (Lipinski definition) is 3. The fraction of sp³-hybridized carbons (Fsp3) is 0.350. The molecule has 0 bridgehead atoms. The quantitative estimate of drug-likeness (QED) is 0.652. The maximum Gasteiger partial charge on any atom is 0.398 e. The van der Waals surface area contributed by atoms with Gasteiger partial charge in [0.2, 0.25) is 0 Å². The topological polar surface area (TPSA) is 35.5 Å². The average molecular weight is 364 g/mol. The lowest BCUT2D eigenvalue weighted by Gasteiger charge is -2.21. The Bertz CT molecular complexity index is 806. The number of esters is 1. The van der Waals surface area contributed by atoms with Crippen LogP contribution in [0.4, 0.5) is 13.2 Å². The van der Waals surface area contributed by atoms with Gasteiger partial charge in [0.05, 0.1) is 17.6 Å². The van der Waals surface area contributed by atoms with E-state index in [0.717, 1.165) is 0 Å². The molecule has 0 atom stereocenters. The molecule has 0 spiro atoms. The number of halogens is 3. The molecule has 3 nitrogen and oxygen atoms in total. The molecule has 1 aliphatic carbocycles. The zero-order valence-corrected chi connectivity index (χ0v) is 14.5. The minimum absolute atomic E-state index is 0.130. The van der Waals surface area contributed by atoms with Crippen LogP contribution < -0.4 is 4.74 Å². The molecule has 2 aromatic carbocycles. The van der Waals surface area contributed by atoms with Crippen LogP contribution in [-0.2, 0) is 10.2 Å². The third-order valence-electron chi connectivity index (χ3n) is 4.61. The van der Waals surface area contributed by atoms with Gasteiger partial charge in [0.1, 0.15) is 11.5 Å². The number of ether oxygens (including phenoxy) is 2. The first-order valence-electron chi connectivity index (χ1n) is 8.40. The smallest absolute Gasteiger partial charge is 0.398 e. The fourth-order valence-corrected chi connectivity index (χ4v) is 2.92. The van der Waals surface area contributed by atoms with E-state index in [0.29, 0.717) is 29.2 Å². The Morgan fingerprint density at radius 2 is 1.77 bits per heavy atom. The van der Waals surface area contributed by atoms with Crippen LogP contribution >= 0.6 is 0 Å². The molecule has 0 radical (unpaired) electrons. The Hall–Kier alpha value is -2.50. The number of alkyl halides is 3. The highest BCUT2D eigenvalue weighted by molar-refractivity contribution is 5.89. The van der Waals surface area contributed by atoms with Gasteiger partial charge in [-0.25, -0.2) is 4.79 Å². The largest absolute Gasteiger partial charge is 0.462 e. The van der Waals surface area contributed by atoms with Crippen LogP contribution in [-0.4, -0.2) is 18.8 Å². The summed E-state index contributed by atoms with van der Waals surface area (Å²) in [5.74, 6) is 0.558. The minimum atomic E-state index is -4.23. The summed E-state index contributed by atoms with van der Waals surface area (Å²) >= 11 is 0. The molecule has 0 unspecified atom stereocenters. The van der Waals surface area contributed by atoms with Gasteiger partial charge in [-0.05, 0) is 68.1 Å². The molecule has 1 fully saturated rings. The zero-order chi connectivity index (χ0) is 18.9. The second-order valence-corrected chi connectivity index (χ2v) is 6.41. The predicted molar refractivity (Wildman–Crippen MR) is 90.6 cm³/mol. The Kier molecular flexibility index (Phi) is 4.69. The van der Waals surface area contributed by atoms with E-state index in [1.165, 1.54) is 6.07 Å². The van der Waals surface area contributed by atoms with Crippen LogP contribution in [0.25, 0.3) is 0 Å². The van der Waals surface area contributed by atoms with Crippen molar-refractivity contribution in [3.05, 3.63) is 59.2 Å². The van der Waals surface area contributed by atoms with Gasteiger partial charge in [0.15, 0.2) is 0 Å². The predicted octanol–water partition coefficient (Wildman–Crippen LogP) is 5.56. The first kappa shape index (κ1) is 18.3. The molecular weight excluding hydrogens is 345 g/mol. The Morgan fingerprint density at radius 3 is 2.27 bits per heavy atom. The van der Waals surface area contributed by atoms with Crippen LogP contribution in [0.3, 0.4) is 0 Å². The van der Waals surface area contributed by atoms with E-state index < -0.39 is 17.6 Å². The van der Waals surface area contributed by atoms with Gasteiger partial charge in [-0.3, -0.25) is 0 Å². The van der Waals surface area contributed by atoms with Crippen molar-refractivity contribution in [2.75, 3.05) is 6.61 Å². The monoisotopic (exact) mass is 364 g/mol. The number of carbonyl (C=O) groups is 1. The van der Waals surface area contributed by atoms with E-state index in [1.54, 1.807) is 50.2 Å². The van der Waals surface area contributed by atoms with Gasteiger partial charge in [-0.2, -0.15) is 13.2 Å². The summed E-state index contributed by atoms with van der Waals surface area (Å²) < 4.78 is 50.4. The number of carbonyl (C=O) groups excluding carboxylic acids is 1. The number of rotatable bonds is 5. The van der Waals surface area contributed by atoms with E-state index in [1.807, 2.05) is 0 Å². The van der Waals surface area contributed by atoms with Crippen molar-refractivity contribution in [1.29, 1.82) is 0 Å². The van der Waals surface area contributed by atoms with E-state index in [4.69, 9.17) is 9.47 Å². The molecule has 0 N–H and O–H groups in total.